The highest BCUT2D eigenvalue weighted by Gasteiger charge is 2.32. The lowest BCUT2D eigenvalue weighted by molar-refractivity contribution is -0.152. The van der Waals surface area contributed by atoms with Crippen LogP contribution in [0.4, 0.5) is 0 Å². The van der Waals surface area contributed by atoms with Crippen molar-refractivity contribution < 1.29 is 14.3 Å². The van der Waals surface area contributed by atoms with Gasteiger partial charge in [0.15, 0.2) is 0 Å². The van der Waals surface area contributed by atoms with E-state index in [9.17, 15) is 9.59 Å². The van der Waals surface area contributed by atoms with Crippen LogP contribution in [0.5, 0.6) is 5.75 Å². The van der Waals surface area contributed by atoms with Crippen LogP contribution >= 0.6 is 0 Å². The number of nitrogens with one attached hydrogen (secondary N) is 2. The van der Waals surface area contributed by atoms with Crippen molar-refractivity contribution in [3.05, 3.63) is 52.6 Å². The van der Waals surface area contributed by atoms with Gasteiger partial charge in [-0.1, -0.05) is 19.9 Å². The first-order valence-electron chi connectivity index (χ1n) is 13.3. The first-order valence-corrected chi connectivity index (χ1v) is 13.3. The molecule has 4 aromatic rings. The molecular weight excluding hydrogens is 484 g/mol. The van der Waals surface area contributed by atoms with E-state index >= 15 is 0 Å². The summed E-state index contributed by atoms with van der Waals surface area (Å²) >= 11 is 0. The Hall–Kier alpha value is -3.76. The molecule has 38 heavy (non-hydrogen) atoms. The number of ether oxygens (including phenoxy) is 2. The van der Waals surface area contributed by atoms with E-state index in [0.717, 1.165) is 48.2 Å². The molecule has 3 heterocycles. The minimum atomic E-state index is -0.280. The molecule has 0 saturated carbocycles. The van der Waals surface area contributed by atoms with Crippen molar-refractivity contribution in [3.8, 4) is 17.1 Å². The van der Waals surface area contributed by atoms with Gasteiger partial charge in [-0.2, -0.15) is 0 Å². The molecule has 1 unspecified atom stereocenters. The van der Waals surface area contributed by atoms with Gasteiger partial charge >= 0.3 is 5.97 Å². The highest BCUT2D eigenvalue weighted by atomic mass is 16.5. The molecule has 10 nitrogen and oxygen atoms in total. The van der Waals surface area contributed by atoms with Crippen molar-refractivity contribution in [1.82, 2.24) is 29.7 Å². The number of hydrogen-bond acceptors (Lipinski definition) is 8. The first kappa shape index (κ1) is 25.9. The fraction of sp³-hybridized carbons (Fsp3) is 0.429. The van der Waals surface area contributed by atoms with Gasteiger partial charge in [0.1, 0.15) is 17.6 Å². The molecular formula is C28H34N6O4. The van der Waals surface area contributed by atoms with Crippen LogP contribution in [0.15, 0.2) is 41.5 Å². The quantitative estimate of drug-likeness (QED) is 0.324. The Morgan fingerprint density at radius 2 is 2.00 bits per heavy atom. The molecule has 200 valence electrons. The summed E-state index contributed by atoms with van der Waals surface area (Å²) in [6, 6.07) is 9.30. The second kappa shape index (κ2) is 11.3. The number of hydrogen-bond donors (Lipinski definition) is 2. The number of benzene rings is 2. The highest BCUT2D eigenvalue weighted by molar-refractivity contribution is 5.93. The molecule has 0 spiro atoms. The van der Waals surface area contributed by atoms with Gasteiger partial charge < -0.3 is 19.4 Å². The molecule has 5 rings (SSSR count). The molecule has 10 heteroatoms. The maximum Gasteiger partial charge on any atom is 0.324 e. The second-order valence-corrected chi connectivity index (χ2v) is 9.51. The Balaban J connectivity index is 1.47. The zero-order valence-corrected chi connectivity index (χ0v) is 22.1. The summed E-state index contributed by atoms with van der Waals surface area (Å²) in [6.45, 7) is 10.6. The largest absolute Gasteiger partial charge is 0.493 e. The lowest BCUT2D eigenvalue weighted by Crippen LogP contribution is -2.56. The number of esters is 1. The third-order valence-corrected chi connectivity index (χ3v) is 6.95. The minimum absolute atomic E-state index is 0.174. The predicted octanol–water partition coefficient (Wildman–Crippen LogP) is 3.32. The van der Waals surface area contributed by atoms with Crippen molar-refractivity contribution >= 4 is 27.9 Å². The van der Waals surface area contributed by atoms with Gasteiger partial charge in [-0.15, -0.1) is 0 Å². The predicted molar refractivity (Wildman–Crippen MR) is 146 cm³/mol. The van der Waals surface area contributed by atoms with Crippen LogP contribution in [0, 0.1) is 0 Å². The van der Waals surface area contributed by atoms with Gasteiger partial charge in [0.05, 0.1) is 47.0 Å². The smallest absolute Gasteiger partial charge is 0.324 e. The minimum Gasteiger partial charge on any atom is -0.493 e. The van der Waals surface area contributed by atoms with Crippen molar-refractivity contribution in [3.63, 3.8) is 0 Å². The zero-order chi connectivity index (χ0) is 26.6. The van der Waals surface area contributed by atoms with E-state index in [4.69, 9.17) is 14.5 Å². The lowest BCUT2D eigenvalue weighted by atomic mass is 10.1. The Morgan fingerprint density at radius 1 is 1.13 bits per heavy atom. The molecule has 1 saturated heterocycles. The molecule has 0 bridgehead atoms. The van der Waals surface area contributed by atoms with E-state index in [2.05, 4.69) is 38.6 Å². The number of carbonyl (C=O) groups excluding carboxylic acids is 1. The summed E-state index contributed by atoms with van der Waals surface area (Å²) in [6.07, 6.45) is 2.46. The molecule has 2 N–H and O–H groups in total. The summed E-state index contributed by atoms with van der Waals surface area (Å²) in [4.78, 5) is 45.2. The number of rotatable bonds is 9. The van der Waals surface area contributed by atoms with Crippen LogP contribution in [0.3, 0.4) is 0 Å². The van der Waals surface area contributed by atoms with Crippen LogP contribution in [-0.2, 0) is 16.1 Å². The summed E-state index contributed by atoms with van der Waals surface area (Å²) in [5, 5.41) is 0.497. The van der Waals surface area contributed by atoms with E-state index in [1.807, 2.05) is 31.2 Å². The Kier molecular flexibility index (Phi) is 7.71. The normalized spacial score (nSPS) is 16.8. The molecule has 2 aromatic carbocycles. The molecule has 0 amide bonds. The fourth-order valence-corrected chi connectivity index (χ4v) is 5.01. The number of aromatic nitrogens is 4. The lowest BCUT2D eigenvalue weighted by Gasteiger charge is -2.39. The van der Waals surface area contributed by atoms with Gasteiger partial charge in [-0.3, -0.25) is 19.4 Å². The average Bonchev–Trinajstić information content (AvgIpc) is 3.39. The monoisotopic (exact) mass is 518 g/mol. The molecule has 1 aliphatic heterocycles. The molecule has 0 radical (unpaired) electrons. The Bertz CT molecular complexity index is 1500. The van der Waals surface area contributed by atoms with Gasteiger partial charge in [-0.05, 0) is 49.7 Å². The topological polar surface area (TPSA) is 116 Å². The summed E-state index contributed by atoms with van der Waals surface area (Å²) in [5.74, 6) is 0.941. The molecule has 1 atom stereocenters. The van der Waals surface area contributed by atoms with Crippen LogP contribution in [0.1, 0.15) is 32.8 Å². The third-order valence-electron chi connectivity index (χ3n) is 6.95. The van der Waals surface area contributed by atoms with Crippen molar-refractivity contribution in [2.75, 3.05) is 39.4 Å². The van der Waals surface area contributed by atoms with E-state index in [1.54, 1.807) is 12.4 Å². The average molecular weight is 519 g/mol. The highest BCUT2D eigenvalue weighted by Crippen LogP contribution is 2.30. The fourth-order valence-electron chi connectivity index (χ4n) is 5.01. The molecule has 1 aliphatic rings. The number of carbonyl (C=O) groups is 1. The van der Waals surface area contributed by atoms with E-state index in [-0.39, 0.29) is 17.6 Å². The van der Waals surface area contributed by atoms with Crippen molar-refractivity contribution in [2.24, 2.45) is 0 Å². The van der Waals surface area contributed by atoms with Gasteiger partial charge in [0.2, 0.25) is 0 Å². The number of fused-ring (bicyclic) bond motifs is 2. The van der Waals surface area contributed by atoms with Gasteiger partial charge in [0.25, 0.3) is 5.56 Å². The van der Waals surface area contributed by atoms with E-state index in [0.29, 0.717) is 48.8 Å². The van der Waals surface area contributed by atoms with Crippen LogP contribution in [0.2, 0.25) is 0 Å². The summed E-state index contributed by atoms with van der Waals surface area (Å²) < 4.78 is 11.4. The Labute approximate surface area is 221 Å². The maximum absolute atomic E-state index is 13.1. The summed E-state index contributed by atoms with van der Waals surface area (Å²) in [5.41, 5.74) is 3.66. The molecule has 1 fully saturated rings. The SMILES string of the molecule is CCCOc1ccc(CN2CCN(CC)C(C(=O)OCC)C2)cc1-c1nc2cc3nc[nH]c3cc2c(=O)[nH]1. The Morgan fingerprint density at radius 3 is 2.79 bits per heavy atom. The molecule has 0 aliphatic carbocycles. The van der Waals surface area contributed by atoms with E-state index < -0.39 is 0 Å². The maximum atomic E-state index is 13.1. The first-order chi connectivity index (χ1) is 18.5. The number of piperazine rings is 1. The second-order valence-electron chi connectivity index (χ2n) is 9.51. The number of likely N-dealkylation sites (N-methyl/N-ethyl adjacent to an activating group) is 1. The van der Waals surface area contributed by atoms with Crippen LogP contribution in [-0.4, -0.2) is 81.1 Å². The number of H-pyrrole nitrogens is 2. The van der Waals surface area contributed by atoms with E-state index in [1.165, 1.54) is 0 Å². The standard InChI is InChI=1S/C28H34N6O4/c1-4-11-38-25-8-7-18(15-33-9-10-34(5-2)24(16-33)28(36)37-6-3)12-20(25)26-31-21-14-23-22(29-17-30-23)13-19(21)27(35)32-26/h7-8,12-14,17,24H,4-6,9-11,15-16H2,1-3H3,(H,29,30)(H,31,32,35). The van der Waals surface area contributed by atoms with Crippen molar-refractivity contribution in [2.45, 2.75) is 39.8 Å². The number of aromatic amines is 2. The van der Waals surface area contributed by atoms with Gasteiger partial charge in [-0.25, -0.2) is 9.97 Å². The third kappa shape index (κ3) is 5.27. The van der Waals surface area contributed by atoms with Crippen molar-refractivity contribution in [1.29, 1.82) is 0 Å². The summed E-state index contributed by atoms with van der Waals surface area (Å²) in [7, 11) is 0. The van der Waals surface area contributed by atoms with Gasteiger partial charge in [0, 0.05) is 26.2 Å². The van der Waals surface area contributed by atoms with Crippen LogP contribution < -0.4 is 10.3 Å². The number of nitrogens with zero attached hydrogens (tertiary/aromatic N) is 4. The number of imidazole rings is 1. The zero-order valence-electron chi connectivity index (χ0n) is 22.1. The van der Waals surface area contributed by atoms with Crippen LogP contribution in [0.25, 0.3) is 33.3 Å². The molecule has 2 aromatic heterocycles.